The van der Waals surface area contributed by atoms with Gasteiger partial charge in [0.05, 0.1) is 6.61 Å². The Kier molecular flexibility index (Phi) is 6.60. The van der Waals surface area contributed by atoms with Crippen LogP contribution in [0.25, 0.3) is 0 Å². The summed E-state index contributed by atoms with van der Waals surface area (Å²) in [5.41, 5.74) is 0. The summed E-state index contributed by atoms with van der Waals surface area (Å²) in [4.78, 5) is 0. The number of rotatable bonds is 7. The lowest BCUT2D eigenvalue weighted by Crippen LogP contribution is -2.28. The second-order valence-electron chi connectivity index (χ2n) is 4.76. The van der Waals surface area contributed by atoms with Crippen LogP contribution in [0, 0.1) is 5.92 Å². The van der Waals surface area contributed by atoms with E-state index in [0.29, 0.717) is 12.0 Å². The zero-order valence-corrected chi connectivity index (χ0v) is 12.5. The van der Waals surface area contributed by atoms with E-state index >= 15 is 0 Å². The highest BCUT2D eigenvalue weighted by molar-refractivity contribution is 9.10. The zero-order valence-electron chi connectivity index (χ0n) is 10.9. The molecule has 17 heavy (non-hydrogen) atoms. The molecule has 0 heterocycles. The van der Waals surface area contributed by atoms with Gasteiger partial charge in [-0.1, -0.05) is 42.8 Å². The molecule has 1 aromatic rings. The molecular formula is C14H22BrNO. The first-order valence-corrected chi connectivity index (χ1v) is 6.99. The third kappa shape index (κ3) is 6.69. The first-order valence-electron chi connectivity index (χ1n) is 6.19. The van der Waals surface area contributed by atoms with E-state index in [4.69, 9.17) is 4.74 Å². The Morgan fingerprint density at radius 1 is 1.29 bits per heavy atom. The number of hydrogen-bond donors (Lipinski definition) is 1. The van der Waals surface area contributed by atoms with E-state index in [1.54, 1.807) is 0 Å². The molecular weight excluding hydrogens is 278 g/mol. The fraction of sp³-hybridized carbons (Fsp3) is 0.571. The Morgan fingerprint density at radius 2 is 2.06 bits per heavy atom. The molecule has 0 amide bonds. The molecule has 1 aromatic carbocycles. The monoisotopic (exact) mass is 299 g/mol. The number of ether oxygens (including phenoxy) is 1. The topological polar surface area (TPSA) is 21.3 Å². The van der Waals surface area contributed by atoms with Gasteiger partial charge in [-0.3, -0.25) is 0 Å². The standard InChI is InChI=1S/C14H22BrNO/c1-11(2)16-10-12(3)7-8-17-14-6-4-5-13(15)9-14/h4-6,9,11-12,16H,7-8,10H2,1-3H3. The van der Waals surface area contributed by atoms with Gasteiger partial charge in [0.15, 0.2) is 0 Å². The number of halogens is 1. The summed E-state index contributed by atoms with van der Waals surface area (Å²) in [6.07, 6.45) is 1.08. The maximum absolute atomic E-state index is 5.71. The molecule has 0 aliphatic rings. The second kappa shape index (κ2) is 7.72. The Hall–Kier alpha value is -0.540. The van der Waals surface area contributed by atoms with Crippen LogP contribution in [0.3, 0.4) is 0 Å². The maximum atomic E-state index is 5.71. The van der Waals surface area contributed by atoms with Gasteiger partial charge in [0.2, 0.25) is 0 Å². The van der Waals surface area contributed by atoms with Crippen molar-refractivity contribution < 1.29 is 4.74 Å². The summed E-state index contributed by atoms with van der Waals surface area (Å²) in [7, 11) is 0. The first kappa shape index (κ1) is 14.5. The van der Waals surface area contributed by atoms with E-state index in [2.05, 4.69) is 42.0 Å². The summed E-state index contributed by atoms with van der Waals surface area (Å²) >= 11 is 3.43. The molecule has 0 spiro atoms. The first-order chi connectivity index (χ1) is 8.08. The molecule has 0 aromatic heterocycles. The normalized spacial score (nSPS) is 12.8. The van der Waals surface area contributed by atoms with E-state index < -0.39 is 0 Å². The molecule has 0 aliphatic heterocycles. The minimum atomic E-state index is 0.559. The van der Waals surface area contributed by atoms with E-state index in [-0.39, 0.29) is 0 Å². The Morgan fingerprint density at radius 3 is 2.71 bits per heavy atom. The van der Waals surface area contributed by atoms with Crippen molar-refractivity contribution in [3.05, 3.63) is 28.7 Å². The SMILES string of the molecule is CC(CCOc1cccc(Br)c1)CNC(C)C. The summed E-state index contributed by atoms with van der Waals surface area (Å²) in [6.45, 7) is 8.42. The van der Waals surface area contributed by atoms with Crippen LogP contribution in [-0.4, -0.2) is 19.2 Å². The van der Waals surface area contributed by atoms with E-state index in [1.807, 2.05) is 24.3 Å². The van der Waals surface area contributed by atoms with Crippen molar-refractivity contribution in [2.24, 2.45) is 5.92 Å². The molecule has 3 heteroatoms. The van der Waals surface area contributed by atoms with Crippen LogP contribution >= 0.6 is 15.9 Å². The average molecular weight is 300 g/mol. The average Bonchev–Trinajstić information content (AvgIpc) is 2.26. The van der Waals surface area contributed by atoms with Crippen molar-refractivity contribution in [3.63, 3.8) is 0 Å². The molecule has 0 saturated heterocycles. The van der Waals surface area contributed by atoms with Gasteiger partial charge in [-0.05, 0) is 37.1 Å². The molecule has 0 fully saturated rings. The largest absolute Gasteiger partial charge is 0.494 e. The van der Waals surface area contributed by atoms with Crippen LogP contribution in [0.2, 0.25) is 0 Å². The van der Waals surface area contributed by atoms with Crippen molar-refractivity contribution in [1.29, 1.82) is 0 Å². The van der Waals surface area contributed by atoms with Gasteiger partial charge >= 0.3 is 0 Å². The van der Waals surface area contributed by atoms with Crippen LogP contribution in [0.4, 0.5) is 0 Å². The molecule has 1 atom stereocenters. The summed E-state index contributed by atoms with van der Waals surface area (Å²) in [5, 5.41) is 3.44. The molecule has 1 rings (SSSR count). The number of hydrogen-bond acceptors (Lipinski definition) is 2. The van der Waals surface area contributed by atoms with Crippen LogP contribution in [0.15, 0.2) is 28.7 Å². The Balaban J connectivity index is 2.19. The van der Waals surface area contributed by atoms with Gasteiger partial charge in [0.1, 0.15) is 5.75 Å². The maximum Gasteiger partial charge on any atom is 0.120 e. The van der Waals surface area contributed by atoms with Crippen molar-refractivity contribution in [3.8, 4) is 5.75 Å². The lowest BCUT2D eigenvalue weighted by Gasteiger charge is -2.15. The molecule has 1 N–H and O–H groups in total. The summed E-state index contributed by atoms with van der Waals surface area (Å²) in [6, 6.07) is 8.53. The molecule has 0 bridgehead atoms. The highest BCUT2D eigenvalue weighted by atomic mass is 79.9. The lowest BCUT2D eigenvalue weighted by atomic mass is 10.1. The Labute approximate surface area is 113 Å². The predicted octanol–water partition coefficient (Wildman–Crippen LogP) is 3.85. The van der Waals surface area contributed by atoms with Gasteiger partial charge in [0, 0.05) is 10.5 Å². The van der Waals surface area contributed by atoms with Gasteiger partial charge in [-0.2, -0.15) is 0 Å². The Bertz CT molecular complexity index is 328. The van der Waals surface area contributed by atoms with E-state index in [1.165, 1.54) is 0 Å². The zero-order chi connectivity index (χ0) is 12.7. The molecule has 0 aliphatic carbocycles. The van der Waals surface area contributed by atoms with Crippen LogP contribution in [0.5, 0.6) is 5.75 Å². The predicted molar refractivity (Wildman–Crippen MR) is 76.6 cm³/mol. The van der Waals surface area contributed by atoms with Gasteiger partial charge in [-0.15, -0.1) is 0 Å². The van der Waals surface area contributed by atoms with Crippen LogP contribution in [0.1, 0.15) is 27.2 Å². The minimum Gasteiger partial charge on any atom is -0.494 e. The fourth-order valence-corrected chi connectivity index (χ4v) is 1.85. The molecule has 2 nitrogen and oxygen atoms in total. The summed E-state index contributed by atoms with van der Waals surface area (Å²) in [5.74, 6) is 1.58. The molecule has 96 valence electrons. The smallest absolute Gasteiger partial charge is 0.120 e. The van der Waals surface area contributed by atoms with Gasteiger partial charge < -0.3 is 10.1 Å². The van der Waals surface area contributed by atoms with Crippen molar-refractivity contribution >= 4 is 15.9 Å². The van der Waals surface area contributed by atoms with Crippen molar-refractivity contribution in [2.75, 3.05) is 13.2 Å². The minimum absolute atomic E-state index is 0.559. The van der Waals surface area contributed by atoms with Gasteiger partial charge in [-0.25, -0.2) is 0 Å². The second-order valence-corrected chi connectivity index (χ2v) is 5.68. The molecule has 1 unspecified atom stereocenters. The highest BCUT2D eigenvalue weighted by Crippen LogP contribution is 2.18. The molecule has 0 radical (unpaired) electrons. The van der Waals surface area contributed by atoms with Crippen LogP contribution < -0.4 is 10.1 Å². The van der Waals surface area contributed by atoms with E-state index in [9.17, 15) is 0 Å². The van der Waals surface area contributed by atoms with E-state index in [0.717, 1.165) is 29.8 Å². The highest BCUT2D eigenvalue weighted by Gasteiger charge is 2.03. The number of benzene rings is 1. The van der Waals surface area contributed by atoms with Crippen molar-refractivity contribution in [1.82, 2.24) is 5.32 Å². The van der Waals surface area contributed by atoms with Crippen molar-refractivity contribution in [2.45, 2.75) is 33.2 Å². The van der Waals surface area contributed by atoms with Gasteiger partial charge in [0.25, 0.3) is 0 Å². The number of nitrogens with one attached hydrogen (secondary N) is 1. The fourth-order valence-electron chi connectivity index (χ4n) is 1.47. The summed E-state index contributed by atoms with van der Waals surface area (Å²) < 4.78 is 6.77. The quantitative estimate of drug-likeness (QED) is 0.826. The third-order valence-corrected chi connectivity index (χ3v) is 3.04. The third-order valence-electron chi connectivity index (χ3n) is 2.55. The lowest BCUT2D eigenvalue weighted by molar-refractivity contribution is 0.279. The molecule has 0 saturated carbocycles. The van der Waals surface area contributed by atoms with Crippen LogP contribution in [-0.2, 0) is 0 Å².